The number of likely N-dealkylation sites (N-methyl/N-ethyl adjacent to an activating group) is 1. The monoisotopic (exact) mass is 289 g/mol. The lowest BCUT2D eigenvalue weighted by atomic mass is 10.0. The summed E-state index contributed by atoms with van der Waals surface area (Å²) in [4.78, 5) is 7.14. The Hall–Kier alpha value is -0.930. The van der Waals surface area contributed by atoms with Crippen LogP contribution in [-0.2, 0) is 6.54 Å². The van der Waals surface area contributed by atoms with Crippen LogP contribution in [0.2, 0.25) is 0 Å². The molecule has 2 unspecified atom stereocenters. The smallest absolute Gasteiger partial charge is 0.0544 e. The minimum absolute atomic E-state index is 0.649. The molecular formula is C18H31N3. The fourth-order valence-electron chi connectivity index (χ4n) is 3.46. The molecule has 0 radical (unpaired) electrons. The van der Waals surface area contributed by atoms with Gasteiger partial charge in [-0.2, -0.15) is 0 Å². The van der Waals surface area contributed by atoms with Crippen LogP contribution < -0.4 is 5.32 Å². The topological polar surface area (TPSA) is 28.2 Å². The average molecular weight is 289 g/mol. The minimum atomic E-state index is 0.649. The van der Waals surface area contributed by atoms with Gasteiger partial charge in [0.25, 0.3) is 0 Å². The molecular weight excluding hydrogens is 258 g/mol. The lowest BCUT2D eigenvalue weighted by Crippen LogP contribution is -2.49. The normalized spacial score (nSPS) is 23.2. The first-order valence-corrected chi connectivity index (χ1v) is 8.72. The van der Waals surface area contributed by atoms with E-state index in [2.05, 4.69) is 41.2 Å². The Morgan fingerprint density at radius 2 is 2.05 bits per heavy atom. The van der Waals surface area contributed by atoms with Gasteiger partial charge in [-0.15, -0.1) is 0 Å². The Morgan fingerprint density at radius 1 is 1.19 bits per heavy atom. The molecule has 1 saturated carbocycles. The van der Waals surface area contributed by atoms with Crippen LogP contribution in [0.15, 0.2) is 24.4 Å². The van der Waals surface area contributed by atoms with E-state index in [1.807, 2.05) is 12.3 Å². The molecule has 3 heteroatoms. The summed E-state index contributed by atoms with van der Waals surface area (Å²) in [5.41, 5.74) is 1.19. The van der Waals surface area contributed by atoms with Crippen molar-refractivity contribution in [1.82, 2.24) is 15.2 Å². The quantitative estimate of drug-likeness (QED) is 0.777. The van der Waals surface area contributed by atoms with Crippen LogP contribution in [-0.4, -0.2) is 35.1 Å². The van der Waals surface area contributed by atoms with Crippen LogP contribution in [0.4, 0.5) is 0 Å². The van der Waals surface area contributed by atoms with Gasteiger partial charge < -0.3 is 5.32 Å². The zero-order valence-corrected chi connectivity index (χ0v) is 13.7. The predicted molar refractivity (Wildman–Crippen MR) is 89.3 cm³/mol. The second-order valence-corrected chi connectivity index (χ2v) is 6.15. The summed E-state index contributed by atoms with van der Waals surface area (Å²) in [5.74, 6) is 0. The molecule has 0 amide bonds. The Bertz CT molecular complexity index is 379. The van der Waals surface area contributed by atoms with Crippen molar-refractivity contribution >= 4 is 0 Å². The molecule has 1 heterocycles. The van der Waals surface area contributed by atoms with Crippen molar-refractivity contribution in [3.8, 4) is 0 Å². The summed E-state index contributed by atoms with van der Waals surface area (Å²) in [6, 6.07) is 7.54. The van der Waals surface area contributed by atoms with Crippen molar-refractivity contribution in [2.45, 2.75) is 71.0 Å². The van der Waals surface area contributed by atoms with Crippen LogP contribution in [0.1, 0.15) is 58.1 Å². The Balaban J connectivity index is 2.04. The lowest BCUT2D eigenvalue weighted by molar-refractivity contribution is 0.146. The average Bonchev–Trinajstić information content (AvgIpc) is 2.77. The van der Waals surface area contributed by atoms with Gasteiger partial charge >= 0.3 is 0 Å². The Kier molecular flexibility index (Phi) is 7.17. The zero-order valence-electron chi connectivity index (χ0n) is 13.7. The second-order valence-electron chi connectivity index (χ2n) is 6.15. The van der Waals surface area contributed by atoms with E-state index < -0.39 is 0 Å². The van der Waals surface area contributed by atoms with E-state index in [-0.39, 0.29) is 0 Å². The molecule has 1 aromatic heterocycles. The van der Waals surface area contributed by atoms with Gasteiger partial charge in [-0.3, -0.25) is 9.88 Å². The number of hydrogen-bond donors (Lipinski definition) is 1. The summed E-state index contributed by atoms with van der Waals surface area (Å²) in [7, 11) is 0. The van der Waals surface area contributed by atoms with Crippen molar-refractivity contribution in [1.29, 1.82) is 0 Å². The van der Waals surface area contributed by atoms with E-state index in [0.717, 1.165) is 19.6 Å². The van der Waals surface area contributed by atoms with Crippen LogP contribution in [0.25, 0.3) is 0 Å². The fraction of sp³-hybridized carbons (Fsp3) is 0.722. The minimum Gasteiger partial charge on any atom is -0.312 e. The number of aromatic nitrogens is 1. The maximum atomic E-state index is 4.51. The molecule has 118 valence electrons. The first kappa shape index (κ1) is 16.4. The van der Waals surface area contributed by atoms with E-state index in [1.54, 1.807) is 0 Å². The molecule has 0 aliphatic heterocycles. The Labute approximate surface area is 130 Å². The molecule has 1 fully saturated rings. The van der Waals surface area contributed by atoms with Crippen LogP contribution >= 0.6 is 0 Å². The van der Waals surface area contributed by atoms with Gasteiger partial charge in [0, 0.05) is 24.8 Å². The van der Waals surface area contributed by atoms with E-state index in [4.69, 9.17) is 0 Å². The van der Waals surface area contributed by atoms with Gasteiger partial charge in [0.1, 0.15) is 0 Å². The first-order chi connectivity index (χ1) is 10.3. The van der Waals surface area contributed by atoms with E-state index in [9.17, 15) is 0 Å². The highest BCUT2D eigenvalue weighted by molar-refractivity contribution is 5.04. The molecule has 2 rings (SSSR count). The van der Waals surface area contributed by atoms with Crippen LogP contribution in [0, 0.1) is 0 Å². The fourth-order valence-corrected chi connectivity index (χ4v) is 3.46. The summed E-state index contributed by atoms with van der Waals surface area (Å²) in [6.07, 6.45) is 9.90. The van der Waals surface area contributed by atoms with Gasteiger partial charge in [-0.25, -0.2) is 0 Å². The van der Waals surface area contributed by atoms with Crippen LogP contribution in [0.3, 0.4) is 0 Å². The van der Waals surface area contributed by atoms with Crippen molar-refractivity contribution < 1.29 is 0 Å². The largest absolute Gasteiger partial charge is 0.312 e. The molecule has 1 aliphatic rings. The Morgan fingerprint density at radius 3 is 2.76 bits per heavy atom. The van der Waals surface area contributed by atoms with Crippen molar-refractivity contribution in [2.24, 2.45) is 0 Å². The lowest BCUT2D eigenvalue weighted by Gasteiger charge is -2.36. The highest BCUT2D eigenvalue weighted by Gasteiger charge is 2.27. The number of nitrogens with one attached hydrogen (secondary N) is 1. The van der Waals surface area contributed by atoms with Crippen molar-refractivity contribution in [2.75, 3.05) is 13.1 Å². The molecule has 21 heavy (non-hydrogen) atoms. The van der Waals surface area contributed by atoms with E-state index >= 15 is 0 Å². The maximum Gasteiger partial charge on any atom is 0.0544 e. The molecule has 1 N–H and O–H groups in total. The SMILES string of the molecule is CCCNC1CCCCCC1N(CC)Cc1ccccn1. The standard InChI is InChI=1S/C18H31N3/c1-3-13-20-17-11-6-5-7-12-18(17)21(4-2)15-16-10-8-9-14-19-16/h8-10,14,17-18,20H,3-7,11-13,15H2,1-2H3. The zero-order chi connectivity index (χ0) is 14.9. The summed E-state index contributed by atoms with van der Waals surface area (Å²) >= 11 is 0. The number of nitrogens with zero attached hydrogens (tertiary/aromatic N) is 2. The third-order valence-corrected chi connectivity index (χ3v) is 4.60. The third kappa shape index (κ3) is 5.08. The molecule has 1 aromatic rings. The van der Waals surface area contributed by atoms with Crippen molar-refractivity contribution in [3.63, 3.8) is 0 Å². The molecule has 2 atom stereocenters. The molecule has 0 saturated heterocycles. The summed E-state index contributed by atoms with van der Waals surface area (Å²) < 4.78 is 0. The number of rotatable bonds is 7. The highest BCUT2D eigenvalue weighted by Crippen LogP contribution is 2.23. The van der Waals surface area contributed by atoms with E-state index in [0.29, 0.717) is 12.1 Å². The first-order valence-electron chi connectivity index (χ1n) is 8.72. The third-order valence-electron chi connectivity index (χ3n) is 4.60. The molecule has 0 spiro atoms. The second kappa shape index (κ2) is 9.16. The van der Waals surface area contributed by atoms with Crippen molar-refractivity contribution in [3.05, 3.63) is 30.1 Å². The van der Waals surface area contributed by atoms with Gasteiger partial charge in [-0.1, -0.05) is 39.2 Å². The predicted octanol–water partition coefficient (Wildman–Crippen LogP) is 3.60. The number of hydrogen-bond acceptors (Lipinski definition) is 3. The maximum absolute atomic E-state index is 4.51. The molecule has 1 aliphatic carbocycles. The van der Waals surface area contributed by atoms with Gasteiger partial charge in [0.05, 0.1) is 5.69 Å². The molecule has 0 aromatic carbocycles. The summed E-state index contributed by atoms with van der Waals surface area (Å²) in [5, 5.41) is 3.80. The van der Waals surface area contributed by atoms with E-state index in [1.165, 1.54) is 44.2 Å². The molecule has 3 nitrogen and oxygen atoms in total. The summed E-state index contributed by atoms with van der Waals surface area (Å²) in [6.45, 7) is 7.76. The molecule has 0 bridgehead atoms. The highest BCUT2D eigenvalue weighted by atomic mass is 15.2. The number of pyridine rings is 1. The van der Waals surface area contributed by atoms with Crippen LogP contribution in [0.5, 0.6) is 0 Å². The van der Waals surface area contributed by atoms with Gasteiger partial charge in [-0.05, 0) is 44.5 Å². The van der Waals surface area contributed by atoms with Gasteiger partial charge in [0.2, 0.25) is 0 Å². The van der Waals surface area contributed by atoms with Gasteiger partial charge in [0.15, 0.2) is 0 Å².